The van der Waals surface area contributed by atoms with Gasteiger partial charge in [-0.25, -0.2) is 0 Å². The summed E-state index contributed by atoms with van der Waals surface area (Å²) >= 11 is 1.80. The summed E-state index contributed by atoms with van der Waals surface area (Å²) in [5.41, 5.74) is 0.193. The predicted molar refractivity (Wildman–Crippen MR) is 68.7 cm³/mol. The lowest BCUT2D eigenvalue weighted by Crippen LogP contribution is -2.24. The zero-order valence-electron chi connectivity index (χ0n) is 9.90. The van der Waals surface area contributed by atoms with Gasteiger partial charge in [0.15, 0.2) is 0 Å². The molecule has 0 bridgehead atoms. The molecule has 1 aromatic rings. The minimum atomic E-state index is 0.193. The van der Waals surface area contributed by atoms with Crippen molar-refractivity contribution < 1.29 is 4.79 Å². The highest BCUT2D eigenvalue weighted by atomic mass is 32.2. The highest BCUT2D eigenvalue weighted by molar-refractivity contribution is 7.99. The average Bonchev–Trinajstić information content (AvgIpc) is 2.52. The number of rotatable bonds is 3. The van der Waals surface area contributed by atoms with Crippen molar-refractivity contribution in [1.29, 1.82) is 0 Å². The lowest BCUT2D eigenvalue weighted by molar-refractivity contribution is -0.121. The highest BCUT2D eigenvalue weighted by Gasteiger charge is 2.40. The van der Waals surface area contributed by atoms with Crippen molar-refractivity contribution in [2.75, 3.05) is 5.75 Å². The number of hydrogen-bond acceptors (Lipinski definition) is 2. The van der Waals surface area contributed by atoms with Gasteiger partial charge < -0.3 is 0 Å². The van der Waals surface area contributed by atoms with Crippen LogP contribution < -0.4 is 0 Å². The maximum atomic E-state index is 11.8. The summed E-state index contributed by atoms with van der Waals surface area (Å²) in [4.78, 5) is 13.1. The van der Waals surface area contributed by atoms with E-state index in [2.05, 4.69) is 26.0 Å². The summed E-state index contributed by atoms with van der Waals surface area (Å²) < 4.78 is 0. The van der Waals surface area contributed by atoms with Crippen LogP contribution in [0.15, 0.2) is 35.2 Å². The molecule has 2 heteroatoms. The molecule has 0 amide bonds. The Morgan fingerprint density at radius 2 is 2.00 bits per heavy atom. The second-order valence-corrected chi connectivity index (χ2v) is 6.22. The molecule has 1 fully saturated rings. The lowest BCUT2D eigenvalue weighted by Gasteiger charge is -2.25. The van der Waals surface area contributed by atoms with Gasteiger partial charge in [0.1, 0.15) is 5.78 Å². The zero-order chi connectivity index (χ0) is 11.6. The molecule has 0 spiro atoms. The lowest BCUT2D eigenvalue weighted by atomic mass is 9.83. The van der Waals surface area contributed by atoms with Gasteiger partial charge in [-0.3, -0.25) is 4.79 Å². The van der Waals surface area contributed by atoms with Gasteiger partial charge in [-0.05, 0) is 24.0 Å². The van der Waals surface area contributed by atoms with Crippen LogP contribution in [0.5, 0.6) is 0 Å². The molecule has 1 nitrogen and oxygen atoms in total. The van der Waals surface area contributed by atoms with Crippen LogP contribution in [0.1, 0.15) is 26.7 Å². The number of hydrogen-bond donors (Lipinski definition) is 0. The van der Waals surface area contributed by atoms with E-state index in [1.807, 2.05) is 18.2 Å². The molecule has 1 unspecified atom stereocenters. The Morgan fingerprint density at radius 1 is 1.31 bits per heavy atom. The molecular weight excluding hydrogens is 216 g/mol. The van der Waals surface area contributed by atoms with Crippen LogP contribution in [0.3, 0.4) is 0 Å². The first-order chi connectivity index (χ1) is 7.59. The summed E-state index contributed by atoms with van der Waals surface area (Å²) in [6.45, 7) is 4.43. The number of carbonyl (C=O) groups is 1. The summed E-state index contributed by atoms with van der Waals surface area (Å²) in [6, 6.07) is 10.3. The molecule has 1 aliphatic carbocycles. The van der Waals surface area contributed by atoms with Gasteiger partial charge in [0.2, 0.25) is 0 Å². The normalized spacial score (nSPS) is 23.6. The third-order valence-electron chi connectivity index (χ3n) is 3.51. The standard InChI is InChI=1S/C14H18OS/c1-14(2)9-8-13(15)12(14)10-16-11-6-4-3-5-7-11/h3-7,12H,8-10H2,1-2H3. The Labute approximate surface area is 102 Å². The van der Waals surface area contributed by atoms with Crippen molar-refractivity contribution in [3.8, 4) is 0 Å². The SMILES string of the molecule is CC1(C)CCC(=O)C1CSc1ccccc1. The molecular formula is C14H18OS. The number of Topliss-reactive ketones (excluding diaryl/α,β-unsaturated/α-hetero) is 1. The molecule has 0 saturated heterocycles. The van der Waals surface area contributed by atoms with E-state index >= 15 is 0 Å². The molecule has 2 rings (SSSR count). The maximum absolute atomic E-state index is 11.8. The fourth-order valence-electron chi connectivity index (χ4n) is 2.24. The average molecular weight is 234 g/mol. The highest BCUT2D eigenvalue weighted by Crippen LogP contribution is 2.42. The van der Waals surface area contributed by atoms with Crippen molar-refractivity contribution in [1.82, 2.24) is 0 Å². The van der Waals surface area contributed by atoms with Crippen LogP contribution in [0.4, 0.5) is 0 Å². The van der Waals surface area contributed by atoms with E-state index in [1.165, 1.54) is 4.90 Å². The van der Waals surface area contributed by atoms with Gasteiger partial charge in [-0.1, -0.05) is 32.0 Å². The van der Waals surface area contributed by atoms with Gasteiger partial charge in [-0.2, -0.15) is 0 Å². The van der Waals surface area contributed by atoms with Crippen molar-refractivity contribution in [2.24, 2.45) is 11.3 Å². The summed E-state index contributed by atoms with van der Waals surface area (Å²) in [5.74, 6) is 1.61. The molecule has 1 aliphatic rings. The van der Waals surface area contributed by atoms with Gasteiger partial charge >= 0.3 is 0 Å². The Hall–Kier alpha value is -0.760. The van der Waals surface area contributed by atoms with E-state index in [1.54, 1.807) is 11.8 Å². The largest absolute Gasteiger partial charge is 0.299 e. The van der Waals surface area contributed by atoms with Gasteiger partial charge in [0.25, 0.3) is 0 Å². The fraction of sp³-hybridized carbons (Fsp3) is 0.500. The second-order valence-electron chi connectivity index (χ2n) is 5.13. The second kappa shape index (κ2) is 4.62. The van der Waals surface area contributed by atoms with Crippen molar-refractivity contribution in [3.05, 3.63) is 30.3 Å². The van der Waals surface area contributed by atoms with E-state index in [0.717, 1.165) is 18.6 Å². The minimum absolute atomic E-state index is 0.193. The Bertz CT molecular complexity index is 370. The van der Waals surface area contributed by atoms with Crippen LogP contribution in [0.25, 0.3) is 0 Å². The topological polar surface area (TPSA) is 17.1 Å². The van der Waals surface area contributed by atoms with Crippen molar-refractivity contribution in [2.45, 2.75) is 31.6 Å². The van der Waals surface area contributed by atoms with Crippen LogP contribution in [-0.4, -0.2) is 11.5 Å². The number of carbonyl (C=O) groups excluding carboxylic acids is 1. The summed E-state index contributed by atoms with van der Waals surface area (Å²) in [5, 5.41) is 0. The molecule has 0 aromatic heterocycles. The molecule has 0 N–H and O–H groups in total. The fourth-order valence-corrected chi connectivity index (χ4v) is 3.59. The summed E-state index contributed by atoms with van der Waals surface area (Å²) in [7, 11) is 0. The predicted octanol–water partition coefficient (Wildman–Crippen LogP) is 3.78. The van der Waals surface area contributed by atoms with Crippen LogP contribution in [-0.2, 0) is 4.79 Å². The van der Waals surface area contributed by atoms with E-state index in [9.17, 15) is 4.79 Å². The molecule has 1 saturated carbocycles. The first-order valence-corrected chi connectivity index (χ1v) is 6.79. The third-order valence-corrected chi connectivity index (χ3v) is 4.61. The van der Waals surface area contributed by atoms with Gasteiger partial charge in [-0.15, -0.1) is 11.8 Å². The van der Waals surface area contributed by atoms with Crippen LogP contribution >= 0.6 is 11.8 Å². The number of thioether (sulfide) groups is 1. The van der Waals surface area contributed by atoms with E-state index in [4.69, 9.17) is 0 Å². The Balaban J connectivity index is 1.98. The van der Waals surface area contributed by atoms with Gasteiger partial charge in [0.05, 0.1) is 0 Å². The number of benzene rings is 1. The van der Waals surface area contributed by atoms with E-state index < -0.39 is 0 Å². The van der Waals surface area contributed by atoms with Crippen LogP contribution in [0, 0.1) is 11.3 Å². The van der Waals surface area contributed by atoms with E-state index in [-0.39, 0.29) is 11.3 Å². The summed E-state index contributed by atoms with van der Waals surface area (Å²) in [6.07, 6.45) is 1.82. The maximum Gasteiger partial charge on any atom is 0.137 e. The monoisotopic (exact) mass is 234 g/mol. The first-order valence-electron chi connectivity index (χ1n) is 5.80. The van der Waals surface area contributed by atoms with Crippen molar-refractivity contribution in [3.63, 3.8) is 0 Å². The molecule has 0 aliphatic heterocycles. The smallest absolute Gasteiger partial charge is 0.137 e. The Morgan fingerprint density at radius 3 is 2.56 bits per heavy atom. The van der Waals surface area contributed by atoms with Crippen molar-refractivity contribution >= 4 is 17.5 Å². The van der Waals surface area contributed by atoms with E-state index in [0.29, 0.717) is 5.78 Å². The Kier molecular flexibility index (Phi) is 3.38. The molecule has 16 heavy (non-hydrogen) atoms. The minimum Gasteiger partial charge on any atom is -0.299 e. The molecule has 86 valence electrons. The van der Waals surface area contributed by atoms with Gasteiger partial charge in [0, 0.05) is 23.0 Å². The molecule has 0 radical (unpaired) electrons. The molecule has 0 heterocycles. The molecule has 1 aromatic carbocycles. The number of ketones is 1. The quantitative estimate of drug-likeness (QED) is 0.740. The third kappa shape index (κ3) is 2.49. The molecule has 1 atom stereocenters. The zero-order valence-corrected chi connectivity index (χ0v) is 10.7. The van der Waals surface area contributed by atoms with Crippen LogP contribution in [0.2, 0.25) is 0 Å². The first kappa shape index (κ1) is 11.7.